The summed E-state index contributed by atoms with van der Waals surface area (Å²) in [6, 6.07) is 8.58. The van der Waals surface area contributed by atoms with E-state index in [0.717, 1.165) is 6.07 Å². The molecule has 3 rings (SSSR count). The summed E-state index contributed by atoms with van der Waals surface area (Å²) in [5.74, 6) is -0.512. The van der Waals surface area contributed by atoms with Crippen LogP contribution in [0.1, 0.15) is 40.7 Å². The highest BCUT2D eigenvalue weighted by atomic mass is 32.2. The lowest BCUT2D eigenvalue weighted by atomic mass is 10.0. The van der Waals surface area contributed by atoms with Crippen molar-refractivity contribution in [3.8, 4) is 11.5 Å². The maximum Gasteiger partial charge on any atom is 0.573 e. The van der Waals surface area contributed by atoms with Crippen molar-refractivity contribution in [2.75, 3.05) is 26.0 Å². The molecule has 0 aromatic heterocycles. The molecular formula is C23H27F3N2O8S2. The van der Waals surface area contributed by atoms with Crippen LogP contribution in [0.15, 0.2) is 41.3 Å². The summed E-state index contributed by atoms with van der Waals surface area (Å²) >= 11 is 0. The van der Waals surface area contributed by atoms with Crippen molar-refractivity contribution < 1.29 is 48.6 Å². The van der Waals surface area contributed by atoms with Gasteiger partial charge in [0.05, 0.1) is 12.9 Å². The first-order valence-electron chi connectivity index (χ1n) is 11.5. The van der Waals surface area contributed by atoms with Crippen molar-refractivity contribution in [3.63, 3.8) is 0 Å². The van der Waals surface area contributed by atoms with Crippen LogP contribution < -0.4 is 19.7 Å². The molecule has 0 atom stereocenters. The Kier molecular flexibility index (Phi) is 9.75. The summed E-state index contributed by atoms with van der Waals surface area (Å²) < 4.78 is 98.8. The molecule has 38 heavy (non-hydrogen) atoms. The first-order chi connectivity index (χ1) is 17.8. The number of para-hydroxylation sites is 1. The van der Waals surface area contributed by atoms with Crippen molar-refractivity contribution in [1.29, 1.82) is 0 Å². The zero-order valence-electron chi connectivity index (χ0n) is 20.3. The normalized spacial score (nSPS) is 13.7. The van der Waals surface area contributed by atoms with Gasteiger partial charge in [-0.3, -0.25) is 4.79 Å². The predicted octanol–water partition coefficient (Wildman–Crippen LogP) is 2.87. The van der Waals surface area contributed by atoms with E-state index in [2.05, 4.69) is 14.3 Å². The number of ketones is 1. The van der Waals surface area contributed by atoms with E-state index >= 15 is 0 Å². The van der Waals surface area contributed by atoms with Crippen LogP contribution in [-0.2, 0) is 37.3 Å². The van der Waals surface area contributed by atoms with Gasteiger partial charge in [-0.05, 0) is 61.7 Å². The molecule has 1 heterocycles. The van der Waals surface area contributed by atoms with E-state index in [9.17, 15) is 34.8 Å². The van der Waals surface area contributed by atoms with E-state index in [1.54, 1.807) is 18.2 Å². The number of hydrogen-bond donors (Lipinski definition) is 2. The summed E-state index contributed by atoms with van der Waals surface area (Å²) in [5.41, 5.74) is 1.06. The number of carbonyl (C=O) groups is 1. The Morgan fingerprint density at radius 3 is 2.53 bits per heavy atom. The second kappa shape index (κ2) is 12.4. The van der Waals surface area contributed by atoms with Crippen molar-refractivity contribution in [1.82, 2.24) is 10.2 Å². The number of alkyl halides is 3. The molecule has 0 amide bonds. The summed E-state index contributed by atoms with van der Waals surface area (Å²) in [5, 5.41) is 3.11. The molecule has 0 aliphatic carbocycles. The van der Waals surface area contributed by atoms with Crippen LogP contribution in [0.5, 0.6) is 11.5 Å². The van der Waals surface area contributed by atoms with Gasteiger partial charge in [0, 0.05) is 18.4 Å². The van der Waals surface area contributed by atoms with Gasteiger partial charge in [0.2, 0.25) is 0 Å². The maximum atomic E-state index is 12.8. The predicted molar refractivity (Wildman–Crippen MR) is 130 cm³/mol. The minimum Gasteiger partial charge on any atom is -0.492 e. The van der Waals surface area contributed by atoms with Crippen molar-refractivity contribution in [3.05, 3.63) is 53.1 Å². The first-order valence-corrected chi connectivity index (χ1v) is 14.8. The fourth-order valence-corrected chi connectivity index (χ4v) is 5.41. The molecule has 0 fully saturated rings. The van der Waals surface area contributed by atoms with Crippen molar-refractivity contribution >= 4 is 25.9 Å². The van der Waals surface area contributed by atoms with Gasteiger partial charge >= 0.3 is 6.36 Å². The van der Waals surface area contributed by atoms with Crippen molar-refractivity contribution in [2.45, 2.75) is 43.4 Å². The SMILES string of the molecule is CS(=O)(=O)ONS(=O)(=O)c1cc(C(=O)CCCCNCCc2ccccc2OC(F)(F)F)cc2c1OCC2. The number of carbonyl (C=O) groups excluding carboxylic acids is 1. The Bertz CT molecular complexity index is 1360. The average Bonchev–Trinajstić information content (AvgIpc) is 3.30. The van der Waals surface area contributed by atoms with Gasteiger partial charge in [-0.2, -0.15) is 12.7 Å². The van der Waals surface area contributed by atoms with Gasteiger partial charge in [-0.15, -0.1) is 13.2 Å². The molecule has 0 spiro atoms. The third-order valence-electron chi connectivity index (χ3n) is 5.43. The smallest absolute Gasteiger partial charge is 0.492 e. The number of hydrogen-bond acceptors (Lipinski definition) is 9. The summed E-state index contributed by atoms with van der Waals surface area (Å²) in [4.78, 5) is 13.9. The van der Waals surface area contributed by atoms with Gasteiger partial charge in [0.25, 0.3) is 20.1 Å². The third kappa shape index (κ3) is 8.94. The Hall–Kier alpha value is -2.72. The second-order valence-corrected chi connectivity index (χ2v) is 11.7. The molecule has 10 nitrogen and oxygen atoms in total. The van der Waals surface area contributed by atoms with Gasteiger partial charge in [0.1, 0.15) is 16.4 Å². The summed E-state index contributed by atoms with van der Waals surface area (Å²) in [6.07, 6.45) is -2.21. The Morgan fingerprint density at radius 1 is 1.08 bits per heavy atom. The van der Waals surface area contributed by atoms with Crippen LogP contribution in [0, 0.1) is 0 Å². The Morgan fingerprint density at radius 2 is 1.82 bits per heavy atom. The number of sulfonamides is 1. The quantitative estimate of drug-likeness (QED) is 0.196. The standard InChI is InChI=1S/C23H27F3N2O8S2/c1-37(30,31)36-28-38(32,33)21-15-18(14-17-10-13-34-22(17)21)19(29)7-4-5-11-27-12-9-16-6-2-3-8-20(16)35-23(24,25)26/h2-3,6,8,14-15,27-28H,4-5,7,9-13H2,1H3. The molecule has 1 aliphatic heterocycles. The molecule has 2 aromatic rings. The van der Waals surface area contributed by atoms with Gasteiger partial charge in [0.15, 0.2) is 5.78 Å². The lowest BCUT2D eigenvalue weighted by Crippen LogP contribution is -2.27. The second-order valence-electron chi connectivity index (χ2n) is 8.47. The zero-order valence-corrected chi connectivity index (χ0v) is 22.0. The number of nitrogens with one attached hydrogen (secondary N) is 2. The monoisotopic (exact) mass is 580 g/mol. The highest BCUT2D eigenvalue weighted by Crippen LogP contribution is 2.34. The van der Waals surface area contributed by atoms with Crippen molar-refractivity contribution in [2.24, 2.45) is 0 Å². The molecular weight excluding hydrogens is 553 g/mol. The minimum absolute atomic E-state index is 0.0394. The van der Waals surface area contributed by atoms with Gasteiger partial charge in [-0.1, -0.05) is 23.1 Å². The van der Waals surface area contributed by atoms with Crippen LogP contribution in [-0.4, -0.2) is 54.9 Å². The highest BCUT2D eigenvalue weighted by Gasteiger charge is 2.32. The molecule has 0 saturated carbocycles. The van der Waals surface area contributed by atoms with Crippen LogP contribution in [0.2, 0.25) is 0 Å². The number of halogens is 3. The number of fused-ring (bicyclic) bond motifs is 1. The fraction of sp³-hybridized carbons (Fsp3) is 0.435. The molecule has 0 saturated heterocycles. The van der Waals surface area contributed by atoms with Crippen LogP contribution in [0.25, 0.3) is 0 Å². The maximum absolute atomic E-state index is 12.8. The average molecular weight is 581 g/mol. The zero-order chi connectivity index (χ0) is 28.0. The molecule has 0 unspecified atom stereocenters. The molecule has 2 aromatic carbocycles. The topological polar surface area (TPSA) is 137 Å². The number of benzene rings is 2. The first kappa shape index (κ1) is 29.8. The van der Waals surface area contributed by atoms with E-state index in [1.807, 2.05) is 0 Å². The third-order valence-corrected chi connectivity index (χ3v) is 7.11. The fourth-order valence-electron chi connectivity index (χ4n) is 3.75. The highest BCUT2D eigenvalue weighted by molar-refractivity contribution is 7.90. The Balaban J connectivity index is 1.50. The van der Waals surface area contributed by atoms with Crippen LogP contribution >= 0.6 is 0 Å². The number of unbranched alkanes of at least 4 members (excludes halogenated alkanes) is 1. The van der Waals surface area contributed by atoms with E-state index in [0.29, 0.717) is 56.2 Å². The van der Waals surface area contributed by atoms with Gasteiger partial charge in [-0.25, -0.2) is 8.42 Å². The van der Waals surface area contributed by atoms with Crippen LogP contribution in [0.4, 0.5) is 13.2 Å². The number of ether oxygens (including phenoxy) is 2. The minimum atomic E-state index is -4.77. The molecule has 1 aliphatic rings. The molecule has 0 radical (unpaired) electrons. The van der Waals surface area contributed by atoms with E-state index in [1.165, 1.54) is 17.0 Å². The lowest BCUT2D eigenvalue weighted by Gasteiger charge is -2.13. The van der Waals surface area contributed by atoms with Gasteiger partial charge < -0.3 is 14.8 Å². The summed E-state index contributed by atoms with van der Waals surface area (Å²) in [7, 11) is -8.56. The number of rotatable bonds is 14. The molecule has 15 heteroatoms. The summed E-state index contributed by atoms with van der Waals surface area (Å²) in [6.45, 7) is 1.13. The lowest BCUT2D eigenvalue weighted by molar-refractivity contribution is -0.274. The van der Waals surface area contributed by atoms with E-state index in [4.69, 9.17) is 4.74 Å². The molecule has 0 bridgehead atoms. The number of Topliss-reactive ketones (excluding diaryl/α,β-unsaturated/α-hetero) is 1. The molecule has 2 N–H and O–H groups in total. The van der Waals surface area contributed by atoms with E-state index < -0.39 is 31.4 Å². The van der Waals surface area contributed by atoms with Crippen LogP contribution in [0.3, 0.4) is 0 Å². The molecule has 210 valence electrons. The van der Waals surface area contributed by atoms with E-state index in [-0.39, 0.29) is 35.9 Å². The Labute approximate surface area is 218 Å². The largest absolute Gasteiger partial charge is 0.573 e.